The Morgan fingerprint density at radius 3 is 3.24 bits per heavy atom. The Morgan fingerprint density at radius 1 is 1.59 bits per heavy atom. The molecule has 4 heteroatoms. The minimum absolute atomic E-state index is 0.305. The van der Waals surface area contributed by atoms with Crippen LogP contribution >= 0.6 is 11.3 Å². The Hall–Kier alpha value is -0.450. The zero-order chi connectivity index (χ0) is 12.1. The van der Waals surface area contributed by atoms with E-state index in [0.29, 0.717) is 12.6 Å². The van der Waals surface area contributed by atoms with Gasteiger partial charge in [-0.05, 0) is 38.6 Å². The van der Waals surface area contributed by atoms with Gasteiger partial charge in [-0.2, -0.15) is 0 Å². The molecule has 2 rings (SSSR count). The van der Waals surface area contributed by atoms with Crippen LogP contribution in [0.4, 0.5) is 0 Å². The first kappa shape index (κ1) is 13.0. The molecular formula is C13H22N2OS. The van der Waals surface area contributed by atoms with Crippen molar-refractivity contribution < 1.29 is 5.11 Å². The maximum Gasteiger partial charge on any atom is 0.0928 e. The highest BCUT2D eigenvalue weighted by Crippen LogP contribution is 2.23. The minimum atomic E-state index is 0.305. The molecule has 0 bridgehead atoms. The van der Waals surface area contributed by atoms with Crippen molar-refractivity contribution in [3.05, 3.63) is 16.1 Å². The molecule has 1 aliphatic heterocycles. The highest BCUT2D eigenvalue weighted by molar-refractivity contribution is 7.09. The highest BCUT2D eigenvalue weighted by Gasteiger charge is 2.24. The third-order valence-corrected chi connectivity index (χ3v) is 4.35. The van der Waals surface area contributed by atoms with Gasteiger partial charge in [0, 0.05) is 24.6 Å². The van der Waals surface area contributed by atoms with Crippen molar-refractivity contribution in [1.82, 2.24) is 9.88 Å². The number of rotatable bonds is 6. The monoisotopic (exact) mass is 254 g/mol. The second-order valence-electron chi connectivity index (χ2n) is 4.76. The van der Waals surface area contributed by atoms with E-state index in [9.17, 15) is 0 Å². The lowest BCUT2D eigenvalue weighted by Crippen LogP contribution is -2.29. The third-order valence-electron chi connectivity index (χ3n) is 3.39. The normalized spacial score (nSPS) is 21.2. The summed E-state index contributed by atoms with van der Waals surface area (Å²) in [4.78, 5) is 7.15. The Bertz CT molecular complexity index is 340. The van der Waals surface area contributed by atoms with Gasteiger partial charge in [0.15, 0.2) is 0 Å². The van der Waals surface area contributed by atoms with Gasteiger partial charge in [-0.3, -0.25) is 4.90 Å². The first-order valence-corrected chi connectivity index (χ1v) is 7.49. The van der Waals surface area contributed by atoms with Gasteiger partial charge < -0.3 is 5.11 Å². The second kappa shape index (κ2) is 6.47. The standard InChI is InChI=1S/C13H22N2OS/c1-2-4-13-14-11(10-17-13)9-15-7-3-5-12(15)6-8-16/h10,12,16H,2-9H2,1H3. The molecule has 17 heavy (non-hydrogen) atoms. The first-order valence-electron chi connectivity index (χ1n) is 6.61. The second-order valence-corrected chi connectivity index (χ2v) is 5.70. The van der Waals surface area contributed by atoms with Crippen molar-refractivity contribution in [3.8, 4) is 0 Å². The fourth-order valence-electron chi connectivity index (χ4n) is 2.54. The summed E-state index contributed by atoms with van der Waals surface area (Å²) < 4.78 is 0. The number of hydrogen-bond donors (Lipinski definition) is 1. The van der Waals surface area contributed by atoms with Crippen molar-refractivity contribution in [2.75, 3.05) is 13.2 Å². The van der Waals surface area contributed by atoms with Crippen LogP contribution in [0, 0.1) is 0 Å². The van der Waals surface area contributed by atoms with Crippen LogP contribution in [0.2, 0.25) is 0 Å². The molecule has 1 aromatic rings. The van der Waals surface area contributed by atoms with E-state index < -0.39 is 0 Å². The van der Waals surface area contributed by atoms with Crippen molar-refractivity contribution >= 4 is 11.3 Å². The lowest BCUT2D eigenvalue weighted by Gasteiger charge is -2.22. The number of aryl methyl sites for hydroxylation is 1. The molecule has 0 aliphatic carbocycles. The number of thiazole rings is 1. The molecule has 2 heterocycles. The van der Waals surface area contributed by atoms with Crippen LogP contribution in [0.1, 0.15) is 43.3 Å². The summed E-state index contributed by atoms with van der Waals surface area (Å²) >= 11 is 1.78. The van der Waals surface area contributed by atoms with Gasteiger partial charge >= 0.3 is 0 Å². The molecule has 96 valence electrons. The number of aliphatic hydroxyl groups excluding tert-OH is 1. The van der Waals surface area contributed by atoms with Crippen LogP contribution in [0.25, 0.3) is 0 Å². The Morgan fingerprint density at radius 2 is 2.47 bits per heavy atom. The molecule has 1 aliphatic rings. The van der Waals surface area contributed by atoms with Gasteiger partial charge in [-0.25, -0.2) is 4.98 Å². The number of nitrogens with zero attached hydrogens (tertiary/aromatic N) is 2. The highest BCUT2D eigenvalue weighted by atomic mass is 32.1. The predicted molar refractivity (Wildman–Crippen MR) is 71.2 cm³/mol. The van der Waals surface area contributed by atoms with E-state index >= 15 is 0 Å². The van der Waals surface area contributed by atoms with E-state index in [1.807, 2.05) is 0 Å². The molecule has 1 unspecified atom stereocenters. The van der Waals surface area contributed by atoms with E-state index in [2.05, 4.69) is 22.2 Å². The molecule has 0 spiro atoms. The quantitative estimate of drug-likeness (QED) is 0.847. The molecule has 0 radical (unpaired) electrons. The van der Waals surface area contributed by atoms with E-state index in [-0.39, 0.29) is 0 Å². The van der Waals surface area contributed by atoms with Gasteiger partial charge in [-0.15, -0.1) is 11.3 Å². The topological polar surface area (TPSA) is 36.4 Å². The zero-order valence-electron chi connectivity index (χ0n) is 10.6. The lowest BCUT2D eigenvalue weighted by molar-refractivity contribution is 0.188. The van der Waals surface area contributed by atoms with Gasteiger partial charge in [0.2, 0.25) is 0 Å². The zero-order valence-corrected chi connectivity index (χ0v) is 11.4. The Balaban J connectivity index is 1.90. The summed E-state index contributed by atoms with van der Waals surface area (Å²) in [6.45, 7) is 4.62. The summed E-state index contributed by atoms with van der Waals surface area (Å²) in [5, 5.41) is 12.5. The van der Waals surface area contributed by atoms with Gasteiger partial charge in [0.1, 0.15) is 0 Å². The maximum atomic E-state index is 9.04. The summed E-state index contributed by atoms with van der Waals surface area (Å²) in [7, 11) is 0. The molecule has 0 amide bonds. The largest absolute Gasteiger partial charge is 0.396 e. The fraction of sp³-hybridized carbons (Fsp3) is 0.769. The van der Waals surface area contributed by atoms with Crippen molar-refractivity contribution in [1.29, 1.82) is 0 Å². The summed E-state index contributed by atoms with van der Waals surface area (Å²) in [5.41, 5.74) is 1.21. The molecule has 0 saturated carbocycles. The van der Waals surface area contributed by atoms with E-state index in [0.717, 1.165) is 25.9 Å². The number of aliphatic hydroxyl groups is 1. The van der Waals surface area contributed by atoms with E-state index in [1.165, 1.54) is 30.0 Å². The van der Waals surface area contributed by atoms with Crippen LogP contribution < -0.4 is 0 Å². The molecule has 1 atom stereocenters. The van der Waals surface area contributed by atoms with Crippen molar-refractivity contribution in [2.24, 2.45) is 0 Å². The number of hydrogen-bond acceptors (Lipinski definition) is 4. The van der Waals surface area contributed by atoms with E-state index in [4.69, 9.17) is 5.11 Å². The predicted octanol–water partition coefficient (Wildman–Crippen LogP) is 2.44. The Kier molecular flexibility index (Phi) is 4.95. The average Bonchev–Trinajstić information content (AvgIpc) is 2.91. The minimum Gasteiger partial charge on any atom is -0.396 e. The Labute approximate surface area is 107 Å². The van der Waals surface area contributed by atoms with Crippen molar-refractivity contribution in [2.45, 2.75) is 51.6 Å². The molecule has 1 fully saturated rings. The van der Waals surface area contributed by atoms with Gasteiger partial charge in [0.25, 0.3) is 0 Å². The van der Waals surface area contributed by atoms with Crippen LogP contribution in [0.15, 0.2) is 5.38 Å². The molecule has 1 saturated heterocycles. The van der Waals surface area contributed by atoms with Gasteiger partial charge in [0.05, 0.1) is 10.7 Å². The number of aromatic nitrogens is 1. The molecule has 3 nitrogen and oxygen atoms in total. The van der Waals surface area contributed by atoms with Gasteiger partial charge in [-0.1, -0.05) is 6.92 Å². The summed E-state index contributed by atoms with van der Waals surface area (Å²) in [6, 6.07) is 0.566. The molecule has 1 aromatic heterocycles. The van der Waals surface area contributed by atoms with Crippen LogP contribution in [0.3, 0.4) is 0 Å². The molecule has 0 aromatic carbocycles. The first-order chi connectivity index (χ1) is 8.33. The SMILES string of the molecule is CCCc1nc(CN2CCCC2CCO)cs1. The summed E-state index contributed by atoms with van der Waals surface area (Å²) in [5.74, 6) is 0. The maximum absolute atomic E-state index is 9.04. The molecule has 1 N–H and O–H groups in total. The average molecular weight is 254 g/mol. The third kappa shape index (κ3) is 3.50. The number of likely N-dealkylation sites (tertiary alicyclic amines) is 1. The lowest BCUT2D eigenvalue weighted by atomic mass is 10.1. The smallest absolute Gasteiger partial charge is 0.0928 e. The van der Waals surface area contributed by atoms with Crippen LogP contribution in [-0.4, -0.2) is 34.2 Å². The van der Waals surface area contributed by atoms with Crippen LogP contribution in [-0.2, 0) is 13.0 Å². The summed E-state index contributed by atoms with van der Waals surface area (Å²) in [6.07, 6.45) is 5.67. The fourth-order valence-corrected chi connectivity index (χ4v) is 3.43. The van der Waals surface area contributed by atoms with Crippen LogP contribution in [0.5, 0.6) is 0 Å². The molecular weight excluding hydrogens is 232 g/mol. The van der Waals surface area contributed by atoms with E-state index in [1.54, 1.807) is 11.3 Å². The van der Waals surface area contributed by atoms with Crippen molar-refractivity contribution in [3.63, 3.8) is 0 Å².